The van der Waals surface area contributed by atoms with E-state index >= 15 is 0 Å². The second-order valence-corrected chi connectivity index (χ2v) is 6.05. The van der Waals surface area contributed by atoms with Gasteiger partial charge >= 0.3 is 5.97 Å². The summed E-state index contributed by atoms with van der Waals surface area (Å²) < 4.78 is 0. The fourth-order valence-corrected chi connectivity index (χ4v) is 2.64. The lowest BCUT2D eigenvalue weighted by Gasteiger charge is -2.16. The number of aryl methyl sites for hydroxylation is 1. The first kappa shape index (κ1) is 18.0. The summed E-state index contributed by atoms with van der Waals surface area (Å²) in [6.07, 6.45) is 2.76. The van der Waals surface area contributed by atoms with Crippen LogP contribution in [0, 0.1) is 6.92 Å². The molecule has 2 aromatic carbocycles. The van der Waals surface area contributed by atoms with Crippen molar-refractivity contribution in [1.82, 2.24) is 0 Å². The molecule has 0 fully saturated rings. The molecule has 27 heavy (non-hydrogen) atoms. The summed E-state index contributed by atoms with van der Waals surface area (Å²) in [5.41, 5.74) is 3.06. The molecule has 0 saturated heterocycles. The Morgan fingerprint density at radius 3 is 2.19 bits per heavy atom. The summed E-state index contributed by atoms with van der Waals surface area (Å²) in [6, 6.07) is 16.5. The van der Waals surface area contributed by atoms with E-state index in [1.54, 1.807) is 12.1 Å². The van der Waals surface area contributed by atoms with Crippen molar-refractivity contribution in [3.05, 3.63) is 95.1 Å². The second-order valence-electron chi connectivity index (χ2n) is 6.05. The molecule has 0 atom stereocenters. The third-order valence-electron chi connectivity index (χ3n) is 4.01. The van der Waals surface area contributed by atoms with Crippen LogP contribution in [0.25, 0.3) is 0 Å². The van der Waals surface area contributed by atoms with E-state index < -0.39 is 11.9 Å². The first-order valence-electron chi connectivity index (χ1n) is 8.26. The van der Waals surface area contributed by atoms with Crippen LogP contribution in [0.5, 0.6) is 0 Å². The van der Waals surface area contributed by atoms with Gasteiger partial charge in [0, 0.05) is 23.9 Å². The molecule has 0 saturated carbocycles. The summed E-state index contributed by atoms with van der Waals surface area (Å²) in [6.45, 7) is 1.95. The smallest absolute Gasteiger partial charge is 0.338 e. The number of allylic oxidation sites excluding steroid dienone is 3. The van der Waals surface area contributed by atoms with Gasteiger partial charge in [-0.15, -0.1) is 0 Å². The number of rotatable bonds is 4. The predicted octanol–water partition coefficient (Wildman–Crippen LogP) is 2.50. The van der Waals surface area contributed by atoms with Crippen molar-refractivity contribution in [1.29, 1.82) is 0 Å². The average Bonchev–Trinajstić information content (AvgIpc) is 2.65. The predicted molar refractivity (Wildman–Crippen MR) is 103 cm³/mol. The molecule has 3 rings (SSSR count). The van der Waals surface area contributed by atoms with E-state index in [1.807, 2.05) is 49.4 Å². The van der Waals surface area contributed by atoms with E-state index in [0.29, 0.717) is 11.4 Å². The Bertz CT molecular complexity index is 981. The monoisotopic (exact) mass is 363 g/mol. The van der Waals surface area contributed by atoms with Crippen molar-refractivity contribution in [3.8, 4) is 0 Å². The number of carboxylic acids is 1. The number of hydrogen-bond donors (Lipinski definition) is 5. The molecule has 0 aliphatic heterocycles. The summed E-state index contributed by atoms with van der Waals surface area (Å²) in [7, 11) is 0. The van der Waals surface area contributed by atoms with Crippen LogP contribution >= 0.6 is 0 Å². The van der Waals surface area contributed by atoms with Gasteiger partial charge in [0.1, 0.15) is 5.57 Å². The van der Waals surface area contributed by atoms with Gasteiger partial charge in [-0.2, -0.15) is 0 Å². The summed E-state index contributed by atoms with van der Waals surface area (Å²) in [5.74, 6) is -2.04. The van der Waals surface area contributed by atoms with Crippen LogP contribution in [0.15, 0.2) is 89.5 Å². The number of aliphatic carboxylic acids is 1. The van der Waals surface area contributed by atoms with Gasteiger partial charge in [0.05, 0.1) is 11.3 Å². The number of aliphatic hydroxyl groups is 2. The van der Waals surface area contributed by atoms with Crippen LogP contribution in [-0.2, 0) is 4.79 Å². The molecule has 0 heterocycles. The van der Waals surface area contributed by atoms with Gasteiger partial charge in [0.25, 0.3) is 5.95 Å². The third-order valence-corrected chi connectivity index (χ3v) is 4.01. The minimum absolute atomic E-state index is 0.00142. The molecule has 0 aromatic heterocycles. The number of nitrogens with one attached hydrogen (secondary N) is 2. The Balaban J connectivity index is 2.06. The highest BCUT2D eigenvalue weighted by molar-refractivity contribution is 6.14. The number of hydrogen-bond acceptors (Lipinski definition) is 4. The lowest BCUT2D eigenvalue weighted by atomic mass is 9.97. The average molecular weight is 363 g/mol. The van der Waals surface area contributed by atoms with Crippen molar-refractivity contribution in [2.45, 2.75) is 6.92 Å². The van der Waals surface area contributed by atoms with Crippen molar-refractivity contribution in [2.24, 2.45) is 0 Å². The lowest BCUT2D eigenvalue weighted by Crippen LogP contribution is -2.66. The SMILES string of the molecule is Cc1ccc([NH+]=C2C=C(C(=O)O)C(Nc3ccccc3)=CC2=C(O)O)cc1. The van der Waals surface area contributed by atoms with Crippen molar-refractivity contribution >= 4 is 23.1 Å². The first-order valence-corrected chi connectivity index (χ1v) is 8.26. The minimum Gasteiger partial charge on any atom is -0.480 e. The van der Waals surface area contributed by atoms with Gasteiger partial charge in [-0.1, -0.05) is 35.9 Å². The van der Waals surface area contributed by atoms with Gasteiger partial charge in [-0.3, -0.25) is 0 Å². The van der Waals surface area contributed by atoms with Crippen LogP contribution in [0.2, 0.25) is 0 Å². The molecule has 6 nitrogen and oxygen atoms in total. The van der Waals surface area contributed by atoms with E-state index in [4.69, 9.17) is 0 Å². The highest BCUT2D eigenvalue weighted by atomic mass is 16.5. The minimum atomic E-state index is -1.13. The standard InChI is InChI=1S/C21H18N2O4/c1-13-7-9-15(10-8-13)23-19-12-16(20(24)25)18(11-17(19)21(26)27)22-14-5-3-2-4-6-14/h2-12,22,26-27H,1H3,(H,24,25)/p+1. The Morgan fingerprint density at radius 2 is 1.59 bits per heavy atom. The largest absolute Gasteiger partial charge is 0.480 e. The number of carbonyl (C=O) groups is 1. The molecule has 0 bridgehead atoms. The topological polar surface area (TPSA) is 104 Å². The zero-order valence-electron chi connectivity index (χ0n) is 14.6. The summed E-state index contributed by atoms with van der Waals surface area (Å²) >= 11 is 0. The molecular weight excluding hydrogens is 344 g/mol. The van der Waals surface area contributed by atoms with Crippen LogP contribution < -0.4 is 10.3 Å². The van der Waals surface area contributed by atoms with E-state index in [9.17, 15) is 20.1 Å². The van der Waals surface area contributed by atoms with Gasteiger partial charge in [-0.25, -0.2) is 9.79 Å². The molecule has 0 unspecified atom stereocenters. The molecule has 136 valence electrons. The maximum Gasteiger partial charge on any atom is 0.338 e. The summed E-state index contributed by atoms with van der Waals surface area (Å²) in [5, 5.41) is 32.0. The van der Waals surface area contributed by atoms with Crippen LogP contribution in [0.1, 0.15) is 5.56 Å². The zero-order valence-corrected chi connectivity index (χ0v) is 14.6. The molecule has 1 aliphatic rings. The van der Waals surface area contributed by atoms with Crippen LogP contribution in [0.3, 0.4) is 0 Å². The molecule has 5 N–H and O–H groups in total. The Hall–Kier alpha value is -3.80. The lowest BCUT2D eigenvalue weighted by molar-refractivity contribution is -0.352. The third kappa shape index (κ3) is 4.24. The second kappa shape index (κ2) is 7.61. The molecule has 6 heteroatoms. The Labute approximate surface area is 156 Å². The summed E-state index contributed by atoms with van der Waals surface area (Å²) in [4.78, 5) is 14.8. The molecular formula is C21H19N2O4+. The van der Waals surface area contributed by atoms with Crippen LogP contribution in [-0.4, -0.2) is 27.0 Å². The van der Waals surface area contributed by atoms with Crippen LogP contribution in [0.4, 0.5) is 11.4 Å². The number of benzene rings is 2. The quantitative estimate of drug-likeness (QED) is 0.537. The fraction of sp³-hybridized carbons (Fsp3) is 0.0476. The maximum atomic E-state index is 11.7. The maximum absolute atomic E-state index is 11.7. The normalized spacial score (nSPS) is 15.1. The number of anilines is 1. The fourth-order valence-electron chi connectivity index (χ4n) is 2.64. The van der Waals surface area contributed by atoms with Crippen molar-refractivity contribution < 1.29 is 25.1 Å². The molecule has 0 spiro atoms. The van der Waals surface area contributed by atoms with Crippen molar-refractivity contribution in [2.75, 3.05) is 5.32 Å². The Kier molecular flexibility index (Phi) is 5.08. The number of carboxylic acid groups (broad SMARTS) is 1. The van der Waals surface area contributed by atoms with E-state index in [-0.39, 0.29) is 22.6 Å². The van der Waals surface area contributed by atoms with Gasteiger partial charge in [0.15, 0.2) is 0 Å². The highest BCUT2D eigenvalue weighted by Gasteiger charge is 2.27. The first-order chi connectivity index (χ1) is 12.9. The van der Waals surface area contributed by atoms with E-state index in [2.05, 4.69) is 10.3 Å². The van der Waals surface area contributed by atoms with Crippen molar-refractivity contribution in [3.63, 3.8) is 0 Å². The molecule has 0 amide bonds. The number of aliphatic hydroxyl groups excluding tert-OH is 1. The highest BCUT2D eigenvalue weighted by Crippen LogP contribution is 2.23. The molecule has 0 radical (unpaired) electrons. The van der Waals surface area contributed by atoms with Gasteiger partial charge < -0.3 is 20.6 Å². The number of para-hydroxylation sites is 1. The van der Waals surface area contributed by atoms with E-state index in [1.165, 1.54) is 12.2 Å². The van der Waals surface area contributed by atoms with Gasteiger partial charge in [-0.05, 0) is 25.1 Å². The van der Waals surface area contributed by atoms with Gasteiger partial charge in [0.2, 0.25) is 11.4 Å². The zero-order chi connectivity index (χ0) is 19.4. The van der Waals surface area contributed by atoms with E-state index in [0.717, 1.165) is 5.56 Å². The Morgan fingerprint density at radius 1 is 0.926 bits per heavy atom. The molecule has 1 aliphatic carbocycles. The molecule has 2 aromatic rings.